The Hall–Kier alpha value is -2.04. The Morgan fingerprint density at radius 2 is 2.04 bits per heavy atom. The highest BCUT2D eigenvalue weighted by molar-refractivity contribution is 5.40. The van der Waals surface area contributed by atoms with Gasteiger partial charge in [0.25, 0.3) is 0 Å². The molecule has 2 aromatic carbocycles. The SMILES string of the molecule is CCCOc1ccc(CN[C@@H]2c3ccccc3C[C@@H]2O)c(O)c1. The zero-order valence-corrected chi connectivity index (χ0v) is 13.3. The third kappa shape index (κ3) is 3.49. The summed E-state index contributed by atoms with van der Waals surface area (Å²) in [5.41, 5.74) is 3.12. The van der Waals surface area contributed by atoms with Crippen LogP contribution in [0.15, 0.2) is 42.5 Å². The molecular weight excluding hydrogens is 290 g/mol. The number of nitrogens with one attached hydrogen (secondary N) is 1. The second kappa shape index (κ2) is 7.02. The fourth-order valence-corrected chi connectivity index (χ4v) is 3.04. The van der Waals surface area contributed by atoms with Crippen molar-refractivity contribution < 1.29 is 14.9 Å². The van der Waals surface area contributed by atoms with Crippen LogP contribution in [0.25, 0.3) is 0 Å². The van der Waals surface area contributed by atoms with Crippen molar-refractivity contribution in [1.29, 1.82) is 0 Å². The summed E-state index contributed by atoms with van der Waals surface area (Å²) in [4.78, 5) is 0. The summed E-state index contributed by atoms with van der Waals surface area (Å²) in [5, 5.41) is 23.8. The number of fused-ring (bicyclic) bond motifs is 1. The molecule has 0 aromatic heterocycles. The molecule has 0 heterocycles. The highest BCUT2D eigenvalue weighted by atomic mass is 16.5. The first-order valence-electron chi connectivity index (χ1n) is 8.13. The maximum atomic E-state index is 10.3. The Morgan fingerprint density at radius 1 is 1.22 bits per heavy atom. The molecule has 0 spiro atoms. The molecule has 122 valence electrons. The van der Waals surface area contributed by atoms with E-state index in [-0.39, 0.29) is 11.8 Å². The molecular formula is C19H23NO3. The van der Waals surface area contributed by atoms with Crippen molar-refractivity contribution in [2.45, 2.75) is 38.5 Å². The van der Waals surface area contributed by atoms with Crippen LogP contribution in [-0.4, -0.2) is 22.9 Å². The van der Waals surface area contributed by atoms with Crippen molar-refractivity contribution in [2.75, 3.05) is 6.61 Å². The molecule has 0 saturated carbocycles. The number of phenolic OH excluding ortho intramolecular Hbond substituents is 1. The minimum atomic E-state index is -0.429. The molecule has 3 rings (SSSR count). The zero-order valence-electron chi connectivity index (χ0n) is 13.3. The molecule has 0 aliphatic heterocycles. The van der Waals surface area contributed by atoms with E-state index in [4.69, 9.17) is 4.74 Å². The molecule has 3 N–H and O–H groups in total. The number of aliphatic hydroxyl groups excluding tert-OH is 1. The average Bonchev–Trinajstić information content (AvgIpc) is 2.87. The van der Waals surface area contributed by atoms with Gasteiger partial charge in [-0.1, -0.05) is 37.3 Å². The summed E-state index contributed by atoms with van der Waals surface area (Å²) in [5.74, 6) is 0.895. The van der Waals surface area contributed by atoms with Crippen molar-refractivity contribution in [3.05, 3.63) is 59.2 Å². The first-order valence-corrected chi connectivity index (χ1v) is 8.13. The number of aliphatic hydroxyl groups is 1. The molecule has 23 heavy (non-hydrogen) atoms. The van der Waals surface area contributed by atoms with Crippen molar-refractivity contribution >= 4 is 0 Å². The quantitative estimate of drug-likeness (QED) is 0.767. The van der Waals surface area contributed by atoms with E-state index in [0.717, 1.165) is 17.5 Å². The van der Waals surface area contributed by atoms with Gasteiger partial charge in [0.1, 0.15) is 11.5 Å². The summed E-state index contributed by atoms with van der Waals surface area (Å²) in [6, 6.07) is 13.4. The monoisotopic (exact) mass is 313 g/mol. The number of ether oxygens (including phenoxy) is 1. The number of hydrogen-bond acceptors (Lipinski definition) is 4. The fourth-order valence-electron chi connectivity index (χ4n) is 3.04. The van der Waals surface area contributed by atoms with Crippen LogP contribution in [0.1, 0.15) is 36.1 Å². The molecule has 0 saturated heterocycles. The Bertz CT molecular complexity index is 671. The first-order chi connectivity index (χ1) is 11.2. The van der Waals surface area contributed by atoms with E-state index in [1.165, 1.54) is 5.56 Å². The third-order valence-corrected chi connectivity index (χ3v) is 4.25. The van der Waals surface area contributed by atoms with Crippen LogP contribution in [-0.2, 0) is 13.0 Å². The van der Waals surface area contributed by atoms with E-state index in [1.807, 2.05) is 37.3 Å². The van der Waals surface area contributed by atoms with Gasteiger partial charge >= 0.3 is 0 Å². The lowest BCUT2D eigenvalue weighted by Gasteiger charge is -2.18. The maximum Gasteiger partial charge on any atom is 0.123 e. The minimum absolute atomic E-state index is 0.0957. The molecule has 4 heteroatoms. The van der Waals surface area contributed by atoms with Crippen molar-refractivity contribution in [3.63, 3.8) is 0 Å². The van der Waals surface area contributed by atoms with Crippen LogP contribution in [0.2, 0.25) is 0 Å². The number of phenols is 1. The third-order valence-electron chi connectivity index (χ3n) is 4.25. The Labute approximate surface area is 136 Å². The lowest BCUT2D eigenvalue weighted by Crippen LogP contribution is -2.28. The maximum absolute atomic E-state index is 10.3. The van der Waals surface area contributed by atoms with Gasteiger partial charge in [0.2, 0.25) is 0 Å². The van der Waals surface area contributed by atoms with Gasteiger partial charge in [-0.2, -0.15) is 0 Å². The summed E-state index contributed by atoms with van der Waals surface area (Å²) in [6.07, 6.45) is 1.17. The van der Waals surface area contributed by atoms with E-state index < -0.39 is 6.10 Å². The largest absolute Gasteiger partial charge is 0.507 e. The summed E-state index contributed by atoms with van der Waals surface area (Å²) in [6.45, 7) is 3.18. The van der Waals surface area contributed by atoms with Gasteiger partial charge in [-0.05, 0) is 23.6 Å². The van der Waals surface area contributed by atoms with Gasteiger partial charge in [-0.3, -0.25) is 0 Å². The van der Waals surface area contributed by atoms with Gasteiger partial charge < -0.3 is 20.3 Å². The van der Waals surface area contributed by atoms with Gasteiger partial charge in [0.15, 0.2) is 0 Å². The Kier molecular flexibility index (Phi) is 4.84. The minimum Gasteiger partial charge on any atom is -0.507 e. The molecule has 0 fully saturated rings. The standard InChI is InChI=1S/C19H23NO3/c1-2-9-23-15-8-7-14(17(21)11-15)12-20-19-16-6-4-3-5-13(16)10-18(19)22/h3-8,11,18-22H,2,9-10,12H2,1H3/t18-,19+/m0/s1. The molecule has 0 amide bonds. The van der Waals surface area contributed by atoms with Crippen LogP contribution in [0.4, 0.5) is 0 Å². The zero-order chi connectivity index (χ0) is 16.2. The number of rotatable bonds is 6. The molecule has 0 radical (unpaired) electrons. The van der Waals surface area contributed by atoms with E-state index in [9.17, 15) is 10.2 Å². The molecule has 0 bridgehead atoms. The molecule has 4 nitrogen and oxygen atoms in total. The summed E-state index contributed by atoms with van der Waals surface area (Å²) >= 11 is 0. The van der Waals surface area contributed by atoms with Crippen LogP contribution in [0.3, 0.4) is 0 Å². The molecule has 2 aromatic rings. The first kappa shape index (κ1) is 15.8. The van der Waals surface area contributed by atoms with Gasteiger partial charge in [-0.15, -0.1) is 0 Å². The van der Waals surface area contributed by atoms with E-state index in [1.54, 1.807) is 6.07 Å². The second-order valence-corrected chi connectivity index (χ2v) is 5.97. The predicted molar refractivity (Wildman–Crippen MR) is 89.6 cm³/mol. The molecule has 2 atom stereocenters. The van der Waals surface area contributed by atoms with Gasteiger partial charge in [-0.25, -0.2) is 0 Å². The van der Waals surface area contributed by atoms with Crippen LogP contribution >= 0.6 is 0 Å². The van der Waals surface area contributed by atoms with Crippen LogP contribution in [0, 0.1) is 0 Å². The van der Waals surface area contributed by atoms with E-state index >= 15 is 0 Å². The lowest BCUT2D eigenvalue weighted by molar-refractivity contribution is 0.140. The smallest absolute Gasteiger partial charge is 0.123 e. The number of benzene rings is 2. The topological polar surface area (TPSA) is 61.7 Å². The fraction of sp³-hybridized carbons (Fsp3) is 0.368. The van der Waals surface area contributed by atoms with Crippen LogP contribution in [0.5, 0.6) is 11.5 Å². The van der Waals surface area contributed by atoms with Crippen molar-refractivity contribution in [1.82, 2.24) is 5.32 Å². The summed E-state index contributed by atoms with van der Waals surface area (Å²) < 4.78 is 5.51. The van der Waals surface area contributed by atoms with Gasteiger partial charge in [0, 0.05) is 24.6 Å². The van der Waals surface area contributed by atoms with E-state index in [2.05, 4.69) is 11.4 Å². The van der Waals surface area contributed by atoms with Gasteiger partial charge in [0.05, 0.1) is 18.8 Å². The highest BCUT2D eigenvalue weighted by Gasteiger charge is 2.30. The number of hydrogen-bond donors (Lipinski definition) is 3. The van der Waals surface area contributed by atoms with Crippen molar-refractivity contribution in [2.24, 2.45) is 0 Å². The number of aromatic hydroxyl groups is 1. The molecule has 0 unspecified atom stereocenters. The Balaban J connectivity index is 1.67. The van der Waals surface area contributed by atoms with Crippen molar-refractivity contribution in [3.8, 4) is 11.5 Å². The highest BCUT2D eigenvalue weighted by Crippen LogP contribution is 2.32. The second-order valence-electron chi connectivity index (χ2n) is 5.97. The van der Waals surface area contributed by atoms with Crippen LogP contribution < -0.4 is 10.1 Å². The lowest BCUT2D eigenvalue weighted by atomic mass is 10.1. The molecule has 1 aliphatic rings. The Morgan fingerprint density at radius 3 is 2.83 bits per heavy atom. The predicted octanol–water partition coefficient (Wildman–Crippen LogP) is 2.93. The van der Waals surface area contributed by atoms with E-state index in [0.29, 0.717) is 25.3 Å². The normalized spacial score (nSPS) is 19.6. The molecule has 1 aliphatic carbocycles. The summed E-state index contributed by atoms with van der Waals surface area (Å²) in [7, 11) is 0. The average molecular weight is 313 g/mol.